The molecule has 0 bridgehead atoms. The van der Waals surface area contributed by atoms with E-state index in [0.717, 1.165) is 22.9 Å². The van der Waals surface area contributed by atoms with E-state index in [-0.39, 0.29) is 23.3 Å². The first kappa shape index (κ1) is 18.7. The predicted octanol–water partition coefficient (Wildman–Crippen LogP) is 3.14. The van der Waals surface area contributed by atoms with E-state index in [2.05, 4.69) is 4.98 Å². The lowest BCUT2D eigenvalue weighted by Crippen LogP contribution is -2.26. The minimum atomic E-state index is -4.47. The number of aryl methyl sites for hydroxylation is 1. The minimum Gasteiger partial charge on any atom is -0.332 e. The molecule has 2 unspecified atom stereocenters. The normalized spacial score (nSPS) is 21.0. The summed E-state index contributed by atoms with van der Waals surface area (Å²) in [4.78, 5) is 29.8. The number of carbonyl (C=O) groups excluding carboxylic acids is 1. The van der Waals surface area contributed by atoms with E-state index in [1.54, 1.807) is 28.6 Å². The van der Waals surface area contributed by atoms with Gasteiger partial charge in [0, 0.05) is 38.0 Å². The van der Waals surface area contributed by atoms with Crippen molar-refractivity contribution in [1.29, 1.82) is 0 Å². The third-order valence-electron chi connectivity index (χ3n) is 5.80. The average Bonchev–Trinajstić information content (AvgIpc) is 3.24. The molecule has 2 aromatic rings. The molecule has 1 aliphatic heterocycles. The predicted molar refractivity (Wildman–Crippen MR) is 95.4 cm³/mol. The zero-order valence-corrected chi connectivity index (χ0v) is 15.6. The number of fused-ring (bicyclic) bond motifs is 1. The summed E-state index contributed by atoms with van der Waals surface area (Å²) >= 11 is 0. The highest BCUT2D eigenvalue weighted by molar-refractivity contribution is 5.77. The van der Waals surface area contributed by atoms with Crippen molar-refractivity contribution in [3.63, 3.8) is 0 Å². The van der Waals surface area contributed by atoms with Gasteiger partial charge in [0.1, 0.15) is 5.69 Å². The van der Waals surface area contributed by atoms with Crippen molar-refractivity contribution >= 4 is 5.91 Å². The van der Waals surface area contributed by atoms with Crippen molar-refractivity contribution in [2.75, 3.05) is 0 Å². The molecule has 8 heteroatoms. The fraction of sp³-hybridized carbons (Fsp3) is 0.450. The number of rotatable bonds is 3. The van der Waals surface area contributed by atoms with Crippen LogP contribution in [0.5, 0.6) is 0 Å². The second-order valence-corrected chi connectivity index (χ2v) is 7.68. The molecule has 0 aromatic carbocycles. The Morgan fingerprint density at radius 2 is 2.04 bits per heavy atom. The van der Waals surface area contributed by atoms with Gasteiger partial charge >= 0.3 is 6.18 Å². The molecule has 5 nitrogen and oxygen atoms in total. The Morgan fingerprint density at radius 1 is 1.29 bits per heavy atom. The monoisotopic (exact) mass is 391 g/mol. The number of aromatic nitrogens is 2. The van der Waals surface area contributed by atoms with Crippen LogP contribution in [0.2, 0.25) is 0 Å². The third kappa shape index (κ3) is 3.31. The number of carbonyl (C=O) groups is 1. The Balaban J connectivity index is 1.42. The molecule has 2 aliphatic rings. The molecule has 2 atom stereocenters. The highest BCUT2D eigenvalue weighted by Gasteiger charge is 2.42. The van der Waals surface area contributed by atoms with Gasteiger partial charge in [-0.1, -0.05) is 0 Å². The van der Waals surface area contributed by atoms with Crippen LogP contribution in [0.4, 0.5) is 13.2 Å². The molecule has 3 heterocycles. The van der Waals surface area contributed by atoms with Gasteiger partial charge in [-0.3, -0.25) is 14.6 Å². The summed E-state index contributed by atoms with van der Waals surface area (Å²) in [7, 11) is 1.70. The van der Waals surface area contributed by atoms with Crippen LogP contribution in [0.3, 0.4) is 0 Å². The topological polar surface area (TPSA) is 55.2 Å². The zero-order chi connectivity index (χ0) is 20.2. The fourth-order valence-corrected chi connectivity index (χ4v) is 4.02. The summed E-state index contributed by atoms with van der Waals surface area (Å²) in [6.45, 7) is 2.73. The lowest BCUT2D eigenvalue weighted by Gasteiger charge is -2.15. The van der Waals surface area contributed by atoms with Gasteiger partial charge in [-0.25, -0.2) is 0 Å². The smallest absolute Gasteiger partial charge is 0.332 e. The summed E-state index contributed by atoms with van der Waals surface area (Å²) in [5, 5.41) is 0. The van der Waals surface area contributed by atoms with Gasteiger partial charge in [-0.05, 0) is 54.0 Å². The summed E-state index contributed by atoms with van der Waals surface area (Å²) in [6, 6.07) is 4.25. The van der Waals surface area contributed by atoms with Crippen LogP contribution >= 0.6 is 0 Å². The number of amides is 1. The van der Waals surface area contributed by atoms with Crippen LogP contribution in [0.25, 0.3) is 0 Å². The second kappa shape index (κ2) is 6.46. The molecule has 28 heavy (non-hydrogen) atoms. The van der Waals surface area contributed by atoms with E-state index in [9.17, 15) is 22.8 Å². The molecule has 4 rings (SSSR count). The van der Waals surface area contributed by atoms with E-state index in [0.29, 0.717) is 31.5 Å². The van der Waals surface area contributed by atoms with Crippen molar-refractivity contribution in [3.8, 4) is 0 Å². The zero-order valence-electron chi connectivity index (χ0n) is 15.6. The molecule has 0 saturated heterocycles. The number of alkyl halides is 3. The number of nitrogens with zero attached hydrogens (tertiary/aromatic N) is 3. The molecule has 2 aromatic heterocycles. The van der Waals surface area contributed by atoms with E-state index < -0.39 is 11.9 Å². The molecule has 0 spiro atoms. The molecular weight excluding hydrogens is 371 g/mol. The molecule has 1 amide bonds. The van der Waals surface area contributed by atoms with Gasteiger partial charge in [0.25, 0.3) is 5.56 Å². The van der Waals surface area contributed by atoms with Crippen LogP contribution in [-0.2, 0) is 31.1 Å². The molecule has 1 saturated carbocycles. The second-order valence-electron chi connectivity index (χ2n) is 7.68. The number of hydrogen-bond donors (Lipinski definition) is 0. The largest absolute Gasteiger partial charge is 0.433 e. The first-order valence-electron chi connectivity index (χ1n) is 9.14. The minimum absolute atomic E-state index is 0.0272. The highest BCUT2D eigenvalue weighted by atomic mass is 19.4. The average molecular weight is 391 g/mol. The summed E-state index contributed by atoms with van der Waals surface area (Å²) in [5.41, 5.74) is 2.35. The Morgan fingerprint density at radius 3 is 2.75 bits per heavy atom. The van der Waals surface area contributed by atoms with Crippen LogP contribution in [0.1, 0.15) is 46.8 Å². The lowest BCUT2D eigenvalue weighted by molar-refractivity contribution is -0.141. The summed E-state index contributed by atoms with van der Waals surface area (Å²) in [6.07, 6.45) is -2.29. The Hall–Kier alpha value is -2.64. The molecule has 148 valence electrons. The van der Waals surface area contributed by atoms with Gasteiger partial charge < -0.3 is 9.47 Å². The van der Waals surface area contributed by atoms with E-state index in [1.807, 2.05) is 6.92 Å². The Kier molecular flexibility index (Phi) is 4.32. The van der Waals surface area contributed by atoms with Crippen LogP contribution in [-0.4, -0.2) is 20.4 Å². The van der Waals surface area contributed by atoms with Crippen molar-refractivity contribution in [2.24, 2.45) is 13.0 Å². The van der Waals surface area contributed by atoms with E-state index in [4.69, 9.17) is 0 Å². The van der Waals surface area contributed by atoms with Crippen molar-refractivity contribution in [2.45, 2.75) is 44.9 Å². The van der Waals surface area contributed by atoms with E-state index in [1.165, 1.54) is 6.20 Å². The van der Waals surface area contributed by atoms with Gasteiger partial charge in [-0.15, -0.1) is 0 Å². The van der Waals surface area contributed by atoms with Gasteiger partial charge in [-0.2, -0.15) is 13.2 Å². The van der Waals surface area contributed by atoms with Gasteiger partial charge in [0.2, 0.25) is 5.91 Å². The van der Waals surface area contributed by atoms with Crippen LogP contribution in [0.15, 0.2) is 29.2 Å². The summed E-state index contributed by atoms with van der Waals surface area (Å²) in [5.74, 6) is -0.0191. The number of hydrogen-bond acceptors (Lipinski definition) is 3. The van der Waals surface area contributed by atoms with Crippen molar-refractivity contribution < 1.29 is 18.0 Å². The van der Waals surface area contributed by atoms with Gasteiger partial charge in [0.15, 0.2) is 0 Å². The quantitative estimate of drug-likeness (QED) is 0.808. The molecule has 0 radical (unpaired) electrons. The Labute approximate surface area is 159 Å². The standard InChI is InChI=1S/C20H20F3N3O2/c1-11-5-18(27)25(2)16-10-26(9-15(11)16)19(28)8-13-6-14(13)12-3-4-24-17(7-12)20(21,22)23/h3-5,7,13-14H,6,8-10H2,1-2H3. The maximum absolute atomic E-state index is 12.8. The number of pyridine rings is 2. The van der Waals surface area contributed by atoms with E-state index >= 15 is 0 Å². The maximum Gasteiger partial charge on any atom is 0.433 e. The van der Waals surface area contributed by atoms with Crippen LogP contribution < -0.4 is 5.56 Å². The molecule has 1 fully saturated rings. The van der Waals surface area contributed by atoms with Crippen molar-refractivity contribution in [1.82, 2.24) is 14.5 Å². The fourth-order valence-electron chi connectivity index (χ4n) is 4.02. The summed E-state index contributed by atoms with van der Waals surface area (Å²) < 4.78 is 40.1. The third-order valence-corrected chi connectivity index (χ3v) is 5.80. The molecule has 0 N–H and O–H groups in total. The lowest BCUT2D eigenvalue weighted by atomic mass is 10.1. The highest BCUT2D eigenvalue weighted by Crippen LogP contribution is 2.50. The first-order valence-corrected chi connectivity index (χ1v) is 9.14. The number of halogens is 3. The Bertz CT molecular complexity index is 1010. The molecule has 1 aliphatic carbocycles. The SMILES string of the molecule is Cc1cc(=O)n(C)c2c1CN(C(=O)CC1CC1c1ccnc(C(F)(F)F)c1)C2. The maximum atomic E-state index is 12.8. The van der Waals surface area contributed by atoms with Crippen molar-refractivity contribution in [3.05, 3.63) is 62.8 Å². The molecular formula is C20H20F3N3O2. The van der Waals surface area contributed by atoms with Gasteiger partial charge in [0.05, 0.1) is 6.54 Å². The van der Waals surface area contributed by atoms with Crippen LogP contribution in [0, 0.1) is 12.8 Å². The first-order chi connectivity index (χ1) is 13.1.